The van der Waals surface area contributed by atoms with Gasteiger partial charge in [0.1, 0.15) is 0 Å². The highest BCUT2D eigenvalue weighted by Crippen LogP contribution is 2.22. The summed E-state index contributed by atoms with van der Waals surface area (Å²) in [5, 5.41) is 2.90. The molecule has 17 heavy (non-hydrogen) atoms. The summed E-state index contributed by atoms with van der Waals surface area (Å²) in [6.45, 7) is 2.16. The summed E-state index contributed by atoms with van der Waals surface area (Å²) in [5.74, 6) is -0.900. The van der Waals surface area contributed by atoms with E-state index in [9.17, 15) is 9.18 Å². The number of nitrogens with one attached hydrogen (secondary N) is 1. The van der Waals surface area contributed by atoms with Crippen molar-refractivity contribution in [1.29, 1.82) is 0 Å². The second-order valence-electron chi connectivity index (χ2n) is 3.35. The summed E-state index contributed by atoms with van der Waals surface area (Å²) in [5.41, 5.74) is 0.664. The summed E-state index contributed by atoms with van der Waals surface area (Å²) in [6.07, 6.45) is 0. The first-order valence-corrected chi connectivity index (χ1v) is 5.39. The number of rotatable bonds is 6. The number of hydrogen-bond donors (Lipinski definition) is 1. The summed E-state index contributed by atoms with van der Waals surface area (Å²) in [6, 6.07) is 4.62. The average Bonchev–Trinajstić information content (AvgIpc) is 2.29. The third kappa shape index (κ3) is 4.03. The molecule has 1 rings (SSSR count). The van der Waals surface area contributed by atoms with Crippen LogP contribution in [0.15, 0.2) is 18.2 Å². The van der Waals surface area contributed by atoms with Gasteiger partial charge in [0.15, 0.2) is 18.2 Å². The molecule has 4 nitrogen and oxygen atoms in total. The van der Waals surface area contributed by atoms with Crippen LogP contribution < -0.4 is 10.1 Å². The summed E-state index contributed by atoms with van der Waals surface area (Å²) < 4.78 is 23.4. The van der Waals surface area contributed by atoms with Crippen molar-refractivity contribution in [1.82, 2.24) is 5.32 Å². The Kier molecular flexibility index (Phi) is 5.42. The zero-order valence-corrected chi connectivity index (χ0v) is 9.96. The number of benzene rings is 1. The van der Waals surface area contributed by atoms with Crippen LogP contribution in [0.2, 0.25) is 0 Å². The van der Waals surface area contributed by atoms with E-state index in [-0.39, 0.29) is 19.0 Å². The first-order chi connectivity index (χ1) is 8.19. The van der Waals surface area contributed by atoms with Crippen LogP contribution in [0.25, 0.3) is 0 Å². The number of carbonyl (C=O) groups is 1. The highest BCUT2D eigenvalue weighted by atomic mass is 19.1. The quantitative estimate of drug-likeness (QED) is 0.766. The lowest BCUT2D eigenvalue weighted by molar-refractivity contribution is -0.145. The van der Waals surface area contributed by atoms with Crippen LogP contribution in [0.5, 0.6) is 5.75 Å². The van der Waals surface area contributed by atoms with E-state index in [1.54, 1.807) is 26.1 Å². The van der Waals surface area contributed by atoms with Crippen molar-refractivity contribution in [2.24, 2.45) is 0 Å². The number of esters is 1. The van der Waals surface area contributed by atoms with Crippen molar-refractivity contribution >= 4 is 5.97 Å². The van der Waals surface area contributed by atoms with E-state index in [1.165, 1.54) is 6.07 Å². The molecule has 1 aromatic rings. The molecule has 0 spiro atoms. The number of halogens is 1. The molecule has 0 saturated heterocycles. The molecule has 5 heteroatoms. The molecule has 0 heterocycles. The molecule has 0 atom stereocenters. The Morgan fingerprint density at radius 1 is 1.47 bits per heavy atom. The molecular formula is C12H16FNO3. The zero-order valence-electron chi connectivity index (χ0n) is 9.96. The Morgan fingerprint density at radius 2 is 2.24 bits per heavy atom. The number of hydrogen-bond acceptors (Lipinski definition) is 4. The van der Waals surface area contributed by atoms with E-state index in [0.29, 0.717) is 12.1 Å². The van der Waals surface area contributed by atoms with Gasteiger partial charge in [-0.2, -0.15) is 0 Å². The fourth-order valence-corrected chi connectivity index (χ4v) is 1.38. The van der Waals surface area contributed by atoms with Gasteiger partial charge in [-0.3, -0.25) is 0 Å². The monoisotopic (exact) mass is 241 g/mol. The Balaban J connectivity index is 2.71. The van der Waals surface area contributed by atoms with E-state index in [4.69, 9.17) is 9.47 Å². The molecule has 0 saturated carbocycles. The lowest BCUT2D eigenvalue weighted by Gasteiger charge is -2.11. The predicted molar refractivity (Wildman–Crippen MR) is 61.3 cm³/mol. The fourth-order valence-electron chi connectivity index (χ4n) is 1.38. The van der Waals surface area contributed by atoms with Crippen LogP contribution in [-0.4, -0.2) is 26.2 Å². The van der Waals surface area contributed by atoms with Crippen molar-refractivity contribution in [3.05, 3.63) is 29.6 Å². The molecule has 0 aliphatic heterocycles. The van der Waals surface area contributed by atoms with Gasteiger partial charge in [0.25, 0.3) is 0 Å². The van der Waals surface area contributed by atoms with Gasteiger partial charge >= 0.3 is 5.97 Å². The molecule has 0 aliphatic carbocycles. The zero-order chi connectivity index (χ0) is 12.7. The van der Waals surface area contributed by atoms with Gasteiger partial charge in [0.2, 0.25) is 0 Å². The number of ether oxygens (including phenoxy) is 2. The van der Waals surface area contributed by atoms with Gasteiger partial charge < -0.3 is 14.8 Å². The smallest absolute Gasteiger partial charge is 0.344 e. The second-order valence-corrected chi connectivity index (χ2v) is 3.35. The van der Waals surface area contributed by atoms with Gasteiger partial charge in [0.05, 0.1) is 6.61 Å². The van der Waals surface area contributed by atoms with Crippen molar-refractivity contribution in [3.63, 3.8) is 0 Å². The lowest BCUT2D eigenvalue weighted by Crippen LogP contribution is -2.17. The van der Waals surface area contributed by atoms with Crippen molar-refractivity contribution < 1.29 is 18.7 Å². The van der Waals surface area contributed by atoms with Gasteiger partial charge in [-0.05, 0) is 20.0 Å². The highest BCUT2D eigenvalue weighted by molar-refractivity contribution is 5.71. The second kappa shape index (κ2) is 6.85. The van der Waals surface area contributed by atoms with E-state index < -0.39 is 11.8 Å². The van der Waals surface area contributed by atoms with Gasteiger partial charge in [-0.15, -0.1) is 0 Å². The summed E-state index contributed by atoms with van der Waals surface area (Å²) in [7, 11) is 1.75. The molecule has 0 aromatic heterocycles. The first kappa shape index (κ1) is 13.4. The van der Waals surface area contributed by atoms with Crippen molar-refractivity contribution in [2.45, 2.75) is 13.5 Å². The molecule has 1 aromatic carbocycles. The van der Waals surface area contributed by atoms with Gasteiger partial charge in [0, 0.05) is 12.1 Å². The SMILES string of the molecule is CCOC(=O)COc1c(F)cccc1CNC. The molecule has 0 aliphatic rings. The summed E-state index contributed by atoms with van der Waals surface area (Å²) in [4.78, 5) is 11.1. The predicted octanol–water partition coefficient (Wildman–Crippen LogP) is 1.49. The fraction of sp³-hybridized carbons (Fsp3) is 0.417. The minimum atomic E-state index is -0.508. The molecule has 0 radical (unpaired) electrons. The van der Waals surface area contributed by atoms with Crippen LogP contribution in [0.1, 0.15) is 12.5 Å². The third-order valence-electron chi connectivity index (χ3n) is 2.06. The third-order valence-corrected chi connectivity index (χ3v) is 2.06. The van der Waals surface area contributed by atoms with Gasteiger partial charge in [-0.1, -0.05) is 12.1 Å². The number of carbonyl (C=O) groups excluding carboxylic acids is 1. The normalized spacial score (nSPS) is 10.1. The molecular weight excluding hydrogens is 225 g/mol. The van der Waals surface area contributed by atoms with E-state index in [2.05, 4.69) is 5.32 Å². The van der Waals surface area contributed by atoms with Crippen molar-refractivity contribution in [3.8, 4) is 5.75 Å². The van der Waals surface area contributed by atoms with E-state index in [0.717, 1.165) is 0 Å². The first-order valence-electron chi connectivity index (χ1n) is 5.39. The Hall–Kier alpha value is -1.62. The highest BCUT2D eigenvalue weighted by Gasteiger charge is 2.11. The summed E-state index contributed by atoms with van der Waals surface area (Å²) >= 11 is 0. The standard InChI is InChI=1S/C12H16FNO3/c1-3-16-11(15)8-17-12-9(7-14-2)5-4-6-10(12)13/h4-6,14H,3,7-8H2,1-2H3. The van der Waals surface area contributed by atoms with E-state index in [1.807, 2.05) is 0 Å². The van der Waals surface area contributed by atoms with E-state index >= 15 is 0 Å². The maximum Gasteiger partial charge on any atom is 0.344 e. The van der Waals surface area contributed by atoms with Crippen molar-refractivity contribution in [2.75, 3.05) is 20.3 Å². The van der Waals surface area contributed by atoms with Gasteiger partial charge in [-0.25, -0.2) is 9.18 Å². The van der Waals surface area contributed by atoms with Crippen LogP contribution in [0.3, 0.4) is 0 Å². The van der Waals surface area contributed by atoms with Crippen LogP contribution >= 0.6 is 0 Å². The topological polar surface area (TPSA) is 47.6 Å². The molecule has 0 unspecified atom stereocenters. The Bertz CT molecular complexity index is 382. The maximum absolute atomic E-state index is 13.5. The molecule has 0 fully saturated rings. The number of para-hydroxylation sites is 1. The minimum absolute atomic E-state index is 0.0925. The lowest BCUT2D eigenvalue weighted by atomic mass is 10.2. The van der Waals surface area contributed by atoms with Crippen LogP contribution in [-0.2, 0) is 16.1 Å². The molecule has 1 N–H and O–H groups in total. The Labute approximate surface area is 99.7 Å². The molecule has 94 valence electrons. The largest absolute Gasteiger partial charge is 0.478 e. The molecule has 0 amide bonds. The maximum atomic E-state index is 13.5. The minimum Gasteiger partial charge on any atom is -0.478 e. The van der Waals surface area contributed by atoms with Crippen LogP contribution in [0, 0.1) is 5.82 Å². The Morgan fingerprint density at radius 3 is 2.88 bits per heavy atom. The van der Waals surface area contributed by atoms with Crippen LogP contribution in [0.4, 0.5) is 4.39 Å². The average molecular weight is 241 g/mol. The molecule has 0 bridgehead atoms.